The molecule has 3 saturated heterocycles. The third-order valence-corrected chi connectivity index (χ3v) is 9.27. The topological polar surface area (TPSA) is 147 Å². The number of nitrogens with zero attached hydrogens (tertiary/aromatic N) is 1. The molecule has 0 radical (unpaired) electrons. The molecule has 3 fully saturated rings. The number of aliphatic hydroxyl groups excluding tert-OH is 4. The van der Waals surface area contributed by atoms with E-state index < -0.39 is 48.5 Å². The number of carbonyl (C=O) groups is 1. The van der Waals surface area contributed by atoms with Crippen LogP contribution < -0.4 is 9.47 Å². The van der Waals surface area contributed by atoms with Gasteiger partial charge >= 0.3 is 6.09 Å². The third kappa shape index (κ3) is 6.88. The van der Waals surface area contributed by atoms with Crippen LogP contribution in [-0.4, -0.2) is 99.1 Å². The molecule has 0 aromatic heterocycles. The smallest absolute Gasteiger partial charge is 0.410 e. The summed E-state index contributed by atoms with van der Waals surface area (Å²) in [5.41, 5.74) is 1.00. The van der Waals surface area contributed by atoms with E-state index in [9.17, 15) is 25.2 Å². The van der Waals surface area contributed by atoms with Crippen molar-refractivity contribution in [2.24, 2.45) is 11.8 Å². The van der Waals surface area contributed by atoms with Crippen molar-refractivity contribution in [1.82, 2.24) is 4.90 Å². The van der Waals surface area contributed by atoms with Gasteiger partial charge in [-0.1, -0.05) is 11.6 Å². The third-order valence-electron chi connectivity index (χ3n) is 9.27. The first-order valence-electron chi connectivity index (χ1n) is 15.8. The van der Waals surface area contributed by atoms with E-state index >= 15 is 0 Å². The summed E-state index contributed by atoms with van der Waals surface area (Å²) < 4.78 is 30.8. The highest BCUT2D eigenvalue weighted by atomic mass is 16.7. The zero-order valence-electron chi connectivity index (χ0n) is 26.6. The second kappa shape index (κ2) is 12.8. The molecule has 4 N–H and O–H groups in total. The van der Waals surface area contributed by atoms with Gasteiger partial charge in [0.05, 0.1) is 18.8 Å². The summed E-state index contributed by atoms with van der Waals surface area (Å²) >= 11 is 0. The Balaban J connectivity index is 1.39. The van der Waals surface area contributed by atoms with Gasteiger partial charge in [-0.15, -0.1) is 0 Å². The van der Waals surface area contributed by atoms with Crippen molar-refractivity contribution >= 4 is 6.09 Å². The lowest BCUT2D eigenvalue weighted by Gasteiger charge is -2.54. The molecule has 11 nitrogen and oxygen atoms in total. The molecule has 4 aliphatic rings. The fourth-order valence-electron chi connectivity index (χ4n) is 6.92. The van der Waals surface area contributed by atoms with Crippen LogP contribution in [0.15, 0.2) is 29.8 Å². The van der Waals surface area contributed by atoms with Gasteiger partial charge in [-0.3, -0.25) is 0 Å². The largest absolute Gasteiger partial charge is 0.487 e. The maximum atomic E-state index is 12.9. The molecule has 5 rings (SSSR count). The molecule has 0 aliphatic carbocycles. The van der Waals surface area contributed by atoms with E-state index in [0.29, 0.717) is 24.6 Å². The number of ether oxygens (including phenoxy) is 5. The molecule has 1 aromatic rings. The number of likely N-dealkylation sites (tertiary alicyclic amines) is 1. The van der Waals surface area contributed by atoms with Crippen LogP contribution in [0.5, 0.6) is 11.5 Å². The molecule has 44 heavy (non-hydrogen) atoms. The van der Waals surface area contributed by atoms with Gasteiger partial charge in [0.25, 0.3) is 0 Å². The monoisotopic (exact) mass is 619 g/mol. The van der Waals surface area contributed by atoms with E-state index in [-0.39, 0.29) is 30.1 Å². The van der Waals surface area contributed by atoms with Crippen molar-refractivity contribution < 1.29 is 48.9 Å². The average Bonchev–Trinajstić information content (AvgIpc) is 2.95. The number of amides is 1. The van der Waals surface area contributed by atoms with Gasteiger partial charge in [-0.25, -0.2) is 4.79 Å². The zero-order chi connectivity index (χ0) is 32.0. The molecule has 4 heterocycles. The minimum atomic E-state index is -1.54. The molecule has 4 aliphatic heterocycles. The summed E-state index contributed by atoms with van der Waals surface area (Å²) in [6, 6.07) is 5.39. The fraction of sp³-hybridized carbons (Fsp3) is 0.727. The molecule has 246 valence electrons. The van der Waals surface area contributed by atoms with Crippen molar-refractivity contribution in [2.45, 2.75) is 121 Å². The normalized spacial score (nSPS) is 36.7. The van der Waals surface area contributed by atoms with Crippen LogP contribution in [0.1, 0.15) is 78.9 Å². The van der Waals surface area contributed by atoms with E-state index in [1.165, 1.54) is 5.57 Å². The lowest BCUT2D eigenvalue weighted by Crippen LogP contribution is -2.60. The second-order valence-electron chi connectivity index (χ2n) is 14.2. The van der Waals surface area contributed by atoms with Crippen molar-refractivity contribution in [2.75, 3.05) is 19.7 Å². The Labute approximate surface area is 259 Å². The van der Waals surface area contributed by atoms with E-state index in [4.69, 9.17) is 23.7 Å². The summed E-state index contributed by atoms with van der Waals surface area (Å²) in [6.45, 7) is 12.5. The van der Waals surface area contributed by atoms with Crippen LogP contribution in [0, 0.1) is 11.8 Å². The predicted molar refractivity (Wildman–Crippen MR) is 160 cm³/mol. The lowest BCUT2D eigenvalue weighted by molar-refractivity contribution is -0.277. The summed E-state index contributed by atoms with van der Waals surface area (Å²) in [5, 5.41) is 40.4. The quantitative estimate of drug-likeness (QED) is 0.349. The van der Waals surface area contributed by atoms with E-state index in [2.05, 4.69) is 26.8 Å². The Morgan fingerprint density at radius 3 is 2.57 bits per heavy atom. The molecule has 0 saturated carbocycles. The summed E-state index contributed by atoms with van der Waals surface area (Å²) in [6.07, 6.45) is -2.07. The molecule has 1 amide bonds. The maximum Gasteiger partial charge on any atom is 0.410 e. The highest BCUT2D eigenvalue weighted by Crippen LogP contribution is 2.55. The van der Waals surface area contributed by atoms with Gasteiger partial charge < -0.3 is 49.0 Å². The number of hydrogen-bond donors (Lipinski definition) is 4. The number of rotatable bonds is 6. The van der Waals surface area contributed by atoms with Gasteiger partial charge in [0.15, 0.2) is 0 Å². The van der Waals surface area contributed by atoms with Crippen LogP contribution in [0.4, 0.5) is 4.79 Å². The second-order valence-corrected chi connectivity index (χ2v) is 14.2. The Morgan fingerprint density at radius 1 is 1.14 bits per heavy atom. The number of hydrogen-bond acceptors (Lipinski definition) is 10. The number of carbonyl (C=O) groups excluding carboxylic acids is 1. The zero-order valence-corrected chi connectivity index (χ0v) is 26.6. The summed E-state index contributed by atoms with van der Waals surface area (Å²) in [7, 11) is 0. The number of benzene rings is 1. The molecule has 1 aromatic carbocycles. The minimum absolute atomic E-state index is 0.00652. The van der Waals surface area contributed by atoms with Gasteiger partial charge in [0.1, 0.15) is 47.1 Å². The van der Waals surface area contributed by atoms with Crippen molar-refractivity contribution in [3.63, 3.8) is 0 Å². The molecule has 0 unspecified atom stereocenters. The SMILES string of the molecule is CC(C)=CCC[C@@]1(C)Oc2cc(O[C@@H]3O[C@H](CO)[C@H](O)[C@H](O)[C@H]3O)ccc2[C@H]2O[C@H]3CCN(C(=O)OC(C)(C)C)C[C@@H]3C[C@@H]21. The van der Waals surface area contributed by atoms with E-state index in [1.807, 2.05) is 26.8 Å². The van der Waals surface area contributed by atoms with Crippen LogP contribution >= 0.6 is 0 Å². The standard InChI is InChI=1S/C33H49NO10/c1-18(2)8-7-12-33(6)22-14-19-16-34(31(39)44-32(3,4)5)13-11-23(19)41-29(22)21-10-9-20(15-24(21)43-33)40-30-28(38)27(37)26(36)25(17-35)42-30/h8-10,15,19,22-23,25-30,35-38H,7,11-14,16-17H2,1-6H3/t19-,22-,23-,25+,26-,27-,28+,29+,30+,33+/m0/s1. The van der Waals surface area contributed by atoms with Gasteiger partial charge in [0.2, 0.25) is 6.29 Å². The molecule has 0 spiro atoms. The van der Waals surface area contributed by atoms with Crippen LogP contribution in [0.3, 0.4) is 0 Å². The highest BCUT2D eigenvalue weighted by Gasteiger charge is 2.53. The van der Waals surface area contributed by atoms with Crippen molar-refractivity contribution in [1.29, 1.82) is 0 Å². The first-order chi connectivity index (χ1) is 20.7. The molecule has 11 heteroatoms. The summed E-state index contributed by atoms with van der Waals surface area (Å²) in [5.74, 6) is 1.15. The Bertz CT molecular complexity index is 1210. The van der Waals surface area contributed by atoms with E-state index in [0.717, 1.165) is 31.2 Å². The molecule has 0 bridgehead atoms. The molecular formula is C33H49NO10. The summed E-state index contributed by atoms with van der Waals surface area (Å²) in [4.78, 5) is 14.7. The van der Waals surface area contributed by atoms with Crippen molar-refractivity contribution in [3.8, 4) is 11.5 Å². The highest BCUT2D eigenvalue weighted by molar-refractivity contribution is 5.68. The van der Waals surface area contributed by atoms with Gasteiger partial charge in [-0.05, 0) is 79.4 Å². The molecule has 10 atom stereocenters. The average molecular weight is 620 g/mol. The first kappa shape index (κ1) is 33.0. The van der Waals surface area contributed by atoms with Crippen LogP contribution in [-0.2, 0) is 14.2 Å². The molecular weight excluding hydrogens is 570 g/mol. The number of allylic oxidation sites excluding steroid dienone is 2. The maximum absolute atomic E-state index is 12.9. The number of piperidine rings is 1. The predicted octanol–water partition coefficient (Wildman–Crippen LogP) is 3.47. The number of aliphatic hydroxyl groups is 4. The Kier molecular flexibility index (Phi) is 9.57. The van der Waals surface area contributed by atoms with Crippen LogP contribution in [0.2, 0.25) is 0 Å². The Hall–Kier alpha value is -2.41. The fourth-order valence-corrected chi connectivity index (χ4v) is 6.92. The minimum Gasteiger partial charge on any atom is -0.487 e. The van der Waals surface area contributed by atoms with Gasteiger partial charge in [0, 0.05) is 36.6 Å². The number of fused-ring (bicyclic) bond motifs is 4. The van der Waals surface area contributed by atoms with Gasteiger partial charge in [-0.2, -0.15) is 0 Å². The van der Waals surface area contributed by atoms with Crippen LogP contribution in [0.25, 0.3) is 0 Å². The van der Waals surface area contributed by atoms with Crippen molar-refractivity contribution in [3.05, 3.63) is 35.4 Å². The lowest BCUT2D eigenvalue weighted by atomic mass is 9.68. The van der Waals surface area contributed by atoms with E-state index in [1.54, 1.807) is 17.0 Å². The first-order valence-corrected chi connectivity index (χ1v) is 15.8. The Morgan fingerprint density at radius 2 is 1.89 bits per heavy atom.